The molecule has 1 rings (SSSR count). The van der Waals surface area contributed by atoms with Crippen molar-refractivity contribution in [1.82, 2.24) is 5.32 Å². The van der Waals surface area contributed by atoms with E-state index in [1.807, 2.05) is 13.8 Å². The predicted molar refractivity (Wildman–Crippen MR) is 82.4 cm³/mol. The maximum absolute atomic E-state index is 14.0. The van der Waals surface area contributed by atoms with E-state index in [1.54, 1.807) is 0 Å². The van der Waals surface area contributed by atoms with Crippen LogP contribution in [0, 0.1) is 17.7 Å². The topological polar surface area (TPSA) is 84.9 Å². The Hall–Kier alpha value is -2.31. The summed E-state index contributed by atoms with van der Waals surface area (Å²) in [6, 6.07) is 2.28. The molecule has 2 N–H and O–H groups in total. The molecule has 0 radical (unpaired) electrons. The van der Waals surface area contributed by atoms with Crippen LogP contribution in [0.3, 0.4) is 0 Å². The van der Waals surface area contributed by atoms with Gasteiger partial charge in [-0.3, -0.25) is 9.59 Å². The van der Waals surface area contributed by atoms with Gasteiger partial charge in [-0.25, -0.2) is 4.39 Å². The van der Waals surface area contributed by atoms with Crippen molar-refractivity contribution in [3.05, 3.63) is 23.5 Å². The van der Waals surface area contributed by atoms with Crippen molar-refractivity contribution in [2.75, 3.05) is 20.8 Å². The molecule has 6 nitrogen and oxygen atoms in total. The first kappa shape index (κ1) is 18.7. The summed E-state index contributed by atoms with van der Waals surface area (Å²) >= 11 is 0. The SMILES string of the molecule is COc1cc(F)c(C(=O)NCC(CC(C)C)C(=O)O)cc1OC. The van der Waals surface area contributed by atoms with Crippen LogP contribution in [-0.4, -0.2) is 37.7 Å². The van der Waals surface area contributed by atoms with E-state index in [1.165, 1.54) is 20.3 Å². The third-order valence-corrected chi connectivity index (χ3v) is 3.33. The molecule has 0 fully saturated rings. The number of hydrogen-bond acceptors (Lipinski definition) is 4. The van der Waals surface area contributed by atoms with Crippen LogP contribution in [0.1, 0.15) is 30.6 Å². The quantitative estimate of drug-likeness (QED) is 0.765. The van der Waals surface area contributed by atoms with E-state index in [0.29, 0.717) is 6.42 Å². The Bertz CT molecular complexity index is 574. The highest BCUT2D eigenvalue weighted by Gasteiger charge is 2.22. The molecule has 1 unspecified atom stereocenters. The van der Waals surface area contributed by atoms with Crippen molar-refractivity contribution in [1.29, 1.82) is 0 Å². The van der Waals surface area contributed by atoms with Gasteiger partial charge in [0.1, 0.15) is 5.82 Å². The first-order valence-corrected chi connectivity index (χ1v) is 7.22. The van der Waals surface area contributed by atoms with Crippen molar-refractivity contribution in [3.63, 3.8) is 0 Å². The van der Waals surface area contributed by atoms with Gasteiger partial charge in [-0.1, -0.05) is 13.8 Å². The van der Waals surface area contributed by atoms with E-state index < -0.39 is 23.6 Å². The summed E-state index contributed by atoms with van der Waals surface area (Å²) < 4.78 is 24.0. The van der Waals surface area contributed by atoms with Gasteiger partial charge in [0.05, 0.1) is 25.7 Å². The maximum atomic E-state index is 14.0. The lowest BCUT2D eigenvalue weighted by Crippen LogP contribution is -2.34. The van der Waals surface area contributed by atoms with Crippen molar-refractivity contribution < 1.29 is 28.6 Å². The molecule has 0 aliphatic heterocycles. The molecule has 0 aromatic heterocycles. The molecule has 0 spiro atoms. The molecule has 0 saturated heterocycles. The van der Waals surface area contributed by atoms with Crippen LogP contribution >= 0.6 is 0 Å². The summed E-state index contributed by atoms with van der Waals surface area (Å²) in [6.07, 6.45) is 0.421. The summed E-state index contributed by atoms with van der Waals surface area (Å²) in [7, 11) is 2.74. The minimum absolute atomic E-state index is 0.0693. The standard InChI is InChI=1S/C16H22FNO5/c1-9(2)5-10(16(20)21)8-18-15(19)11-6-13(22-3)14(23-4)7-12(11)17/h6-7,9-10H,5,8H2,1-4H3,(H,18,19)(H,20,21). The Kier molecular flexibility index (Phi) is 6.81. The fraction of sp³-hybridized carbons (Fsp3) is 0.500. The Labute approximate surface area is 134 Å². The van der Waals surface area contributed by atoms with Gasteiger partial charge in [0.25, 0.3) is 5.91 Å². The zero-order chi connectivity index (χ0) is 17.6. The number of carbonyl (C=O) groups excluding carboxylic acids is 1. The van der Waals surface area contributed by atoms with Crippen molar-refractivity contribution in [2.45, 2.75) is 20.3 Å². The first-order chi connectivity index (χ1) is 10.8. The van der Waals surface area contributed by atoms with Crippen molar-refractivity contribution in [2.24, 2.45) is 11.8 Å². The minimum Gasteiger partial charge on any atom is -0.493 e. The van der Waals surface area contributed by atoms with Crippen LogP contribution in [0.4, 0.5) is 4.39 Å². The van der Waals surface area contributed by atoms with Crippen LogP contribution in [0.15, 0.2) is 12.1 Å². The second-order valence-electron chi connectivity index (χ2n) is 5.56. The van der Waals surface area contributed by atoms with Gasteiger partial charge in [-0.15, -0.1) is 0 Å². The highest BCUT2D eigenvalue weighted by molar-refractivity contribution is 5.95. The Morgan fingerprint density at radius 2 is 1.78 bits per heavy atom. The lowest BCUT2D eigenvalue weighted by atomic mass is 9.97. The van der Waals surface area contributed by atoms with Crippen LogP contribution in [0.25, 0.3) is 0 Å². The summed E-state index contributed by atoms with van der Waals surface area (Å²) in [4.78, 5) is 23.3. The van der Waals surface area contributed by atoms with Gasteiger partial charge < -0.3 is 19.9 Å². The highest BCUT2D eigenvalue weighted by atomic mass is 19.1. The largest absolute Gasteiger partial charge is 0.493 e. The first-order valence-electron chi connectivity index (χ1n) is 7.22. The number of methoxy groups -OCH3 is 2. The fourth-order valence-electron chi connectivity index (χ4n) is 2.18. The van der Waals surface area contributed by atoms with Crippen LogP contribution in [0.2, 0.25) is 0 Å². The normalized spacial score (nSPS) is 11.9. The second kappa shape index (κ2) is 8.36. The molecule has 0 aliphatic carbocycles. The molecule has 128 valence electrons. The molecule has 1 aromatic carbocycles. The number of amides is 1. The van der Waals surface area contributed by atoms with Gasteiger partial charge >= 0.3 is 5.97 Å². The molecule has 1 amide bonds. The molecule has 0 saturated carbocycles. The van der Waals surface area contributed by atoms with E-state index in [0.717, 1.165) is 6.07 Å². The second-order valence-corrected chi connectivity index (χ2v) is 5.56. The van der Waals surface area contributed by atoms with E-state index in [-0.39, 0.29) is 29.5 Å². The predicted octanol–water partition coefficient (Wildman–Crippen LogP) is 2.32. The molecule has 1 atom stereocenters. The zero-order valence-corrected chi connectivity index (χ0v) is 13.7. The number of nitrogens with one attached hydrogen (secondary N) is 1. The van der Waals surface area contributed by atoms with Gasteiger partial charge in [0.15, 0.2) is 11.5 Å². The average Bonchev–Trinajstić information content (AvgIpc) is 2.49. The van der Waals surface area contributed by atoms with E-state index in [2.05, 4.69) is 5.32 Å². The Balaban J connectivity index is 2.87. The monoisotopic (exact) mass is 327 g/mol. The van der Waals surface area contributed by atoms with E-state index in [4.69, 9.17) is 14.6 Å². The summed E-state index contributed by atoms with van der Waals surface area (Å²) in [5, 5.41) is 11.6. The number of rotatable bonds is 8. The van der Waals surface area contributed by atoms with Crippen molar-refractivity contribution >= 4 is 11.9 Å². The fourth-order valence-corrected chi connectivity index (χ4v) is 2.18. The molecule has 0 heterocycles. The molecule has 0 aliphatic rings. The molecular formula is C16H22FNO5. The Morgan fingerprint density at radius 1 is 1.22 bits per heavy atom. The number of hydrogen-bond donors (Lipinski definition) is 2. The lowest BCUT2D eigenvalue weighted by Gasteiger charge is -2.16. The minimum atomic E-state index is -0.994. The highest BCUT2D eigenvalue weighted by Crippen LogP contribution is 2.29. The van der Waals surface area contributed by atoms with Gasteiger partial charge in [-0.2, -0.15) is 0 Å². The van der Waals surface area contributed by atoms with Gasteiger partial charge in [0, 0.05) is 12.6 Å². The maximum Gasteiger partial charge on any atom is 0.308 e. The molecule has 23 heavy (non-hydrogen) atoms. The average molecular weight is 327 g/mol. The molecule has 7 heteroatoms. The van der Waals surface area contributed by atoms with Crippen LogP contribution < -0.4 is 14.8 Å². The third kappa shape index (κ3) is 5.12. The summed E-state index contributed by atoms with van der Waals surface area (Å²) in [6.45, 7) is 3.72. The smallest absolute Gasteiger partial charge is 0.308 e. The lowest BCUT2D eigenvalue weighted by molar-refractivity contribution is -0.142. The Morgan fingerprint density at radius 3 is 2.26 bits per heavy atom. The summed E-state index contributed by atoms with van der Waals surface area (Å²) in [5.74, 6) is -2.62. The number of carboxylic acids is 1. The number of carbonyl (C=O) groups is 2. The van der Waals surface area contributed by atoms with Gasteiger partial charge in [-0.05, 0) is 18.4 Å². The van der Waals surface area contributed by atoms with E-state index in [9.17, 15) is 14.0 Å². The number of benzene rings is 1. The van der Waals surface area contributed by atoms with Crippen LogP contribution in [-0.2, 0) is 4.79 Å². The van der Waals surface area contributed by atoms with E-state index >= 15 is 0 Å². The molecular weight excluding hydrogens is 305 g/mol. The number of ether oxygens (including phenoxy) is 2. The third-order valence-electron chi connectivity index (χ3n) is 3.33. The van der Waals surface area contributed by atoms with Crippen molar-refractivity contribution in [3.8, 4) is 11.5 Å². The number of halogens is 1. The zero-order valence-electron chi connectivity index (χ0n) is 13.7. The molecule has 0 bridgehead atoms. The molecule has 1 aromatic rings. The number of aliphatic carboxylic acids is 1. The summed E-state index contributed by atoms with van der Waals surface area (Å²) in [5.41, 5.74) is -0.226. The number of carboxylic acid groups (broad SMARTS) is 1. The van der Waals surface area contributed by atoms with Crippen LogP contribution in [0.5, 0.6) is 11.5 Å². The van der Waals surface area contributed by atoms with Gasteiger partial charge in [0.2, 0.25) is 0 Å².